The van der Waals surface area contributed by atoms with Gasteiger partial charge in [0.15, 0.2) is 5.78 Å². The Kier molecular flexibility index (Phi) is 4.84. The number of thiophene rings is 1. The van der Waals surface area contributed by atoms with E-state index in [2.05, 4.69) is 6.07 Å². The Balaban J connectivity index is 1.94. The van der Waals surface area contributed by atoms with E-state index >= 15 is 0 Å². The van der Waals surface area contributed by atoms with Gasteiger partial charge in [-0.15, -0.1) is 11.3 Å². The Bertz CT molecular complexity index is 883. The third-order valence-electron chi connectivity index (χ3n) is 4.14. The molecule has 1 atom stereocenters. The minimum Gasteiger partial charge on any atom is -0.293 e. The predicted octanol–water partition coefficient (Wildman–Crippen LogP) is 5.24. The van der Waals surface area contributed by atoms with Crippen LogP contribution in [-0.4, -0.2) is 10.6 Å². The third-order valence-corrected chi connectivity index (χ3v) is 5.54. The molecule has 4 heteroatoms. The lowest BCUT2D eigenvalue weighted by Gasteiger charge is -2.24. The van der Waals surface area contributed by atoms with Crippen LogP contribution in [0, 0.1) is 17.2 Å². The Morgan fingerprint density at radius 1 is 1.25 bits per heavy atom. The van der Waals surface area contributed by atoms with Gasteiger partial charge in [-0.25, -0.2) is 0 Å². The number of rotatable bonds is 4. The van der Waals surface area contributed by atoms with Crippen LogP contribution in [-0.2, 0) is 0 Å². The molecular weight excluding hydrogens is 334 g/mol. The average Bonchev–Trinajstić information content (AvgIpc) is 3.13. The van der Waals surface area contributed by atoms with Crippen molar-refractivity contribution < 1.29 is 4.79 Å². The van der Waals surface area contributed by atoms with Crippen molar-refractivity contribution in [2.24, 2.45) is 5.92 Å². The topological polar surface area (TPSA) is 40.9 Å². The van der Waals surface area contributed by atoms with Gasteiger partial charge in [-0.1, -0.05) is 60.3 Å². The van der Waals surface area contributed by atoms with Gasteiger partial charge in [0.25, 0.3) is 0 Å². The van der Waals surface area contributed by atoms with Crippen molar-refractivity contribution >= 4 is 39.8 Å². The lowest BCUT2D eigenvalue weighted by molar-refractivity contribution is 0.0980. The highest BCUT2D eigenvalue weighted by Crippen LogP contribution is 2.35. The number of carbonyl (C=O) groups excluding carboxylic acids is 1. The van der Waals surface area contributed by atoms with E-state index in [4.69, 9.17) is 12.2 Å². The second kappa shape index (κ2) is 7.04. The number of carbonyl (C=O) groups is 1. The quantitative estimate of drug-likeness (QED) is 0.559. The van der Waals surface area contributed by atoms with E-state index in [-0.39, 0.29) is 11.7 Å². The monoisotopic (exact) mass is 349 g/mol. The lowest BCUT2D eigenvalue weighted by atomic mass is 9.79. The maximum atomic E-state index is 12.4. The van der Waals surface area contributed by atoms with Crippen LogP contribution in [0.15, 0.2) is 65.1 Å². The molecule has 0 saturated carbocycles. The first-order valence-corrected chi connectivity index (χ1v) is 8.89. The molecule has 0 aliphatic heterocycles. The number of allylic oxidation sites excluding steroid dienone is 4. The highest BCUT2D eigenvalue weighted by atomic mass is 32.1. The molecule has 1 aromatic carbocycles. The summed E-state index contributed by atoms with van der Waals surface area (Å²) in [5, 5.41) is 11.5. The van der Waals surface area contributed by atoms with Crippen molar-refractivity contribution in [1.82, 2.24) is 0 Å². The molecule has 0 N–H and O–H groups in total. The molecule has 2 nitrogen and oxygen atoms in total. The molecule has 0 fully saturated rings. The first-order chi connectivity index (χ1) is 11.6. The lowest BCUT2D eigenvalue weighted by Crippen LogP contribution is -2.23. The van der Waals surface area contributed by atoms with E-state index in [0.717, 1.165) is 21.6 Å². The standard InChI is InChI=1S/C20H15NOS2/c1-13-10-16(14-6-3-2-4-7-14)17(12-21)20(23)15(13)11-18(22)19-8-5-9-24-19/h2-10,15H,11H2,1H3/t15-/m0/s1. The average molecular weight is 349 g/mol. The summed E-state index contributed by atoms with van der Waals surface area (Å²) in [6.07, 6.45) is 2.31. The van der Waals surface area contributed by atoms with E-state index in [9.17, 15) is 10.1 Å². The molecule has 2 aromatic rings. The second-order valence-electron chi connectivity index (χ2n) is 5.68. The molecule has 1 aromatic heterocycles. The molecule has 0 amide bonds. The smallest absolute Gasteiger partial charge is 0.173 e. The normalized spacial score (nSPS) is 17.4. The van der Waals surface area contributed by atoms with Crippen LogP contribution in [0.2, 0.25) is 0 Å². The molecule has 1 aliphatic carbocycles. The molecule has 0 unspecified atom stereocenters. The molecule has 0 radical (unpaired) electrons. The predicted molar refractivity (Wildman–Crippen MR) is 102 cm³/mol. The highest BCUT2D eigenvalue weighted by Gasteiger charge is 2.29. The Labute approximate surface area is 150 Å². The summed E-state index contributed by atoms with van der Waals surface area (Å²) in [5.74, 6) is -0.109. The van der Waals surface area contributed by atoms with Crippen molar-refractivity contribution in [3.8, 4) is 6.07 Å². The van der Waals surface area contributed by atoms with E-state index in [1.807, 2.05) is 60.8 Å². The Morgan fingerprint density at radius 2 is 2.00 bits per heavy atom. The molecule has 0 spiro atoms. The fraction of sp³-hybridized carbons (Fsp3) is 0.150. The van der Waals surface area contributed by atoms with Crippen LogP contribution in [0.5, 0.6) is 0 Å². The van der Waals surface area contributed by atoms with Gasteiger partial charge < -0.3 is 0 Å². The van der Waals surface area contributed by atoms with Crippen LogP contribution >= 0.6 is 23.6 Å². The van der Waals surface area contributed by atoms with Crippen LogP contribution in [0.1, 0.15) is 28.6 Å². The van der Waals surface area contributed by atoms with Crippen LogP contribution in [0.4, 0.5) is 0 Å². The SMILES string of the molecule is CC1=CC(c2ccccc2)=C(C#N)C(=S)[C@H]1CC(=O)c1cccs1. The van der Waals surface area contributed by atoms with Crippen molar-refractivity contribution in [2.75, 3.05) is 0 Å². The minimum absolute atomic E-state index is 0.0746. The first kappa shape index (κ1) is 16.5. The zero-order valence-corrected chi connectivity index (χ0v) is 14.8. The Hall–Kier alpha value is -2.35. The van der Waals surface area contributed by atoms with Gasteiger partial charge in [-0.05, 0) is 23.9 Å². The molecular formula is C20H15NOS2. The van der Waals surface area contributed by atoms with E-state index in [1.165, 1.54) is 11.3 Å². The zero-order chi connectivity index (χ0) is 17.1. The maximum Gasteiger partial charge on any atom is 0.173 e. The Morgan fingerprint density at radius 3 is 2.62 bits per heavy atom. The third kappa shape index (κ3) is 3.14. The van der Waals surface area contributed by atoms with Crippen molar-refractivity contribution in [3.63, 3.8) is 0 Å². The number of nitrogens with zero attached hydrogens (tertiary/aromatic N) is 1. The summed E-state index contributed by atoms with van der Waals surface area (Å²) in [7, 11) is 0. The van der Waals surface area contributed by atoms with Gasteiger partial charge >= 0.3 is 0 Å². The summed E-state index contributed by atoms with van der Waals surface area (Å²) in [6, 6.07) is 15.7. The number of thiocarbonyl (C=S) groups is 1. The van der Waals surface area contributed by atoms with Crippen LogP contribution in [0.3, 0.4) is 0 Å². The zero-order valence-electron chi connectivity index (χ0n) is 13.2. The molecule has 0 bridgehead atoms. The minimum atomic E-state index is -0.184. The van der Waals surface area contributed by atoms with Crippen LogP contribution < -0.4 is 0 Å². The van der Waals surface area contributed by atoms with Gasteiger partial charge in [0.05, 0.1) is 10.5 Å². The molecule has 118 valence electrons. The number of ketones is 1. The van der Waals surface area contributed by atoms with Gasteiger partial charge in [-0.2, -0.15) is 5.26 Å². The summed E-state index contributed by atoms with van der Waals surface area (Å²) < 4.78 is 0. The number of Topliss-reactive ketones (excluding diaryl/α,β-unsaturated/α-hetero) is 1. The fourth-order valence-electron chi connectivity index (χ4n) is 2.85. The first-order valence-electron chi connectivity index (χ1n) is 7.60. The molecule has 24 heavy (non-hydrogen) atoms. The van der Waals surface area contributed by atoms with Gasteiger partial charge in [-0.3, -0.25) is 4.79 Å². The fourth-order valence-corrected chi connectivity index (χ4v) is 3.95. The number of hydrogen-bond acceptors (Lipinski definition) is 4. The number of nitriles is 1. The maximum absolute atomic E-state index is 12.4. The molecule has 1 heterocycles. The molecule has 3 rings (SSSR count). The van der Waals surface area contributed by atoms with Crippen molar-refractivity contribution in [2.45, 2.75) is 13.3 Å². The summed E-state index contributed by atoms with van der Waals surface area (Å²) in [6.45, 7) is 1.98. The van der Waals surface area contributed by atoms with Crippen LogP contribution in [0.25, 0.3) is 5.57 Å². The van der Waals surface area contributed by atoms with Gasteiger partial charge in [0.1, 0.15) is 6.07 Å². The molecule has 1 aliphatic rings. The van der Waals surface area contributed by atoms with E-state index in [0.29, 0.717) is 16.9 Å². The van der Waals surface area contributed by atoms with Gasteiger partial charge in [0.2, 0.25) is 0 Å². The van der Waals surface area contributed by atoms with Crippen molar-refractivity contribution in [3.05, 3.63) is 75.5 Å². The highest BCUT2D eigenvalue weighted by molar-refractivity contribution is 7.81. The summed E-state index contributed by atoms with van der Waals surface area (Å²) in [5.41, 5.74) is 3.35. The van der Waals surface area contributed by atoms with Gasteiger partial charge in [0, 0.05) is 22.8 Å². The second-order valence-corrected chi connectivity index (χ2v) is 7.06. The van der Waals surface area contributed by atoms with E-state index < -0.39 is 0 Å². The van der Waals surface area contributed by atoms with Crippen molar-refractivity contribution in [1.29, 1.82) is 5.26 Å². The molecule has 0 saturated heterocycles. The largest absolute Gasteiger partial charge is 0.293 e. The summed E-state index contributed by atoms with van der Waals surface area (Å²) in [4.78, 5) is 13.7. The number of hydrogen-bond donors (Lipinski definition) is 0. The van der Waals surface area contributed by atoms with E-state index in [1.54, 1.807) is 0 Å². The number of benzene rings is 1. The summed E-state index contributed by atoms with van der Waals surface area (Å²) >= 11 is 7.02.